The summed E-state index contributed by atoms with van der Waals surface area (Å²) in [7, 11) is 0. The Morgan fingerprint density at radius 2 is 1.93 bits per heavy atom. The van der Waals surface area contributed by atoms with Crippen molar-refractivity contribution < 1.29 is 4.79 Å². The van der Waals surface area contributed by atoms with Gasteiger partial charge in [-0.25, -0.2) is 19.6 Å². The number of amides is 1. The standard InChI is InChI=1S/C19H19N7O/c1-12-18-23-16(13-5-6-13)24-26(18)9-8-25(12)19(27)14-10-21-17(22-11-14)15-4-2-3-7-20-15/h2-4,7,10-13H,5-6,8-9H2,1H3/t12-/m1/s1. The molecule has 5 rings (SSSR count). The molecular formula is C19H19N7O. The molecule has 1 saturated carbocycles. The van der Waals surface area contributed by atoms with E-state index in [2.05, 4.69) is 20.1 Å². The molecule has 0 bridgehead atoms. The van der Waals surface area contributed by atoms with Gasteiger partial charge in [0.1, 0.15) is 11.5 Å². The summed E-state index contributed by atoms with van der Waals surface area (Å²) < 4.78 is 1.95. The number of carbonyl (C=O) groups is 1. The molecule has 8 nitrogen and oxygen atoms in total. The Labute approximate surface area is 156 Å². The fourth-order valence-electron chi connectivity index (χ4n) is 3.40. The lowest BCUT2D eigenvalue weighted by molar-refractivity contribution is 0.0630. The number of hydrogen-bond donors (Lipinski definition) is 0. The Morgan fingerprint density at radius 3 is 2.63 bits per heavy atom. The van der Waals surface area contributed by atoms with Crippen LogP contribution in [0.4, 0.5) is 0 Å². The molecule has 8 heteroatoms. The highest BCUT2D eigenvalue weighted by Crippen LogP contribution is 2.39. The van der Waals surface area contributed by atoms with Crippen molar-refractivity contribution in [2.75, 3.05) is 6.54 Å². The van der Waals surface area contributed by atoms with Crippen LogP contribution in [0.2, 0.25) is 0 Å². The van der Waals surface area contributed by atoms with Gasteiger partial charge in [-0.05, 0) is 31.9 Å². The van der Waals surface area contributed by atoms with Gasteiger partial charge in [-0.2, -0.15) is 5.10 Å². The first kappa shape index (κ1) is 16.0. The van der Waals surface area contributed by atoms with Gasteiger partial charge in [0.15, 0.2) is 11.6 Å². The van der Waals surface area contributed by atoms with E-state index < -0.39 is 0 Å². The molecule has 1 atom stereocenters. The summed E-state index contributed by atoms with van der Waals surface area (Å²) in [6.07, 6.45) is 7.17. The summed E-state index contributed by atoms with van der Waals surface area (Å²) in [6, 6.07) is 5.44. The average molecular weight is 361 g/mol. The van der Waals surface area contributed by atoms with Crippen LogP contribution in [0.1, 0.15) is 53.7 Å². The van der Waals surface area contributed by atoms with E-state index in [1.807, 2.05) is 34.7 Å². The first-order valence-corrected chi connectivity index (χ1v) is 9.20. The van der Waals surface area contributed by atoms with E-state index in [-0.39, 0.29) is 11.9 Å². The van der Waals surface area contributed by atoms with Crippen molar-refractivity contribution in [1.29, 1.82) is 0 Å². The van der Waals surface area contributed by atoms with Gasteiger partial charge in [-0.1, -0.05) is 6.07 Å². The van der Waals surface area contributed by atoms with E-state index >= 15 is 0 Å². The monoisotopic (exact) mass is 361 g/mol. The second kappa shape index (κ2) is 6.22. The van der Waals surface area contributed by atoms with Crippen molar-refractivity contribution in [3.63, 3.8) is 0 Å². The summed E-state index contributed by atoms with van der Waals surface area (Å²) in [6.45, 7) is 3.26. The van der Waals surface area contributed by atoms with E-state index in [0.717, 1.165) is 11.6 Å². The summed E-state index contributed by atoms with van der Waals surface area (Å²) >= 11 is 0. The molecule has 0 aromatic carbocycles. The van der Waals surface area contributed by atoms with Crippen molar-refractivity contribution in [2.24, 2.45) is 0 Å². The van der Waals surface area contributed by atoms with Crippen LogP contribution in [0.3, 0.4) is 0 Å². The number of nitrogens with zero attached hydrogens (tertiary/aromatic N) is 7. The molecule has 2 aliphatic rings. The van der Waals surface area contributed by atoms with Crippen molar-refractivity contribution >= 4 is 5.91 Å². The Hall–Kier alpha value is -3.16. The predicted molar refractivity (Wildman–Crippen MR) is 96.7 cm³/mol. The fraction of sp³-hybridized carbons (Fsp3) is 0.368. The third-order valence-corrected chi connectivity index (χ3v) is 5.11. The zero-order valence-electron chi connectivity index (χ0n) is 15.0. The van der Waals surface area contributed by atoms with Gasteiger partial charge in [0.05, 0.1) is 18.2 Å². The van der Waals surface area contributed by atoms with Gasteiger partial charge < -0.3 is 4.90 Å². The highest BCUT2D eigenvalue weighted by atomic mass is 16.2. The maximum absolute atomic E-state index is 13.0. The number of pyridine rings is 1. The SMILES string of the molecule is C[C@@H]1c2nc(C3CC3)nn2CCN1C(=O)c1cnc(-c2ccccn2)nc1. The lowest BCUT2D eigenvalue weighted by atomic mass is 10.1. The summed E-state index contributed by atoms with van der Waals surface area (Å²) in [4.78, 5) is 32.4. The average Bonchev–Trinajstić information content (AvgIpc) is 3.48. The number of fused-ring (bicyclic) bond motifs is 1. The third-order valence-electron chi connectivity index (χ3n) is 5.11. The van der Waals surface area contributed by atoms with E-state index in [1.54, 1.807) is 18.6 Å². The van der Waals surface area contributed by atoms with Crippen LogP contribution >= 0.6 is 0 Å². The van der Waals surface area contributed by atoms with E-state index in [1.165, 1.54) is 12.8 Å². The zero-order chi connectivity index (χ0) is 18.4. The molecule has 136 valence electrons. The molecular weight excluding hydrogens is 342 g/mol. The highest BCUT2D eigenvalue weighted by molar-refractivity contribution is 5.94. The molecule has 0 N–H and O–H groups in total. The van der Waals surface area contributed by atoms with Gasteiger partial charge in [-0.15, -0.1) is 0 Å². The van der Waals surface area contributed by atoms with Crippen LogP contribution in [-0.2, 0) is 6.54 Å². The van der Waals surface area contributed by atoms with Crippen molar-refractivity contribution in [3.05, 3.63) is 54.0 Å². The van der Waals surface area contributed by atoms with Crippen LogP contribution in [0.25, 0.3) is 11.5 Å². The van der Waals surface area contributed by atoms with Crippen LogP contribution in [0.5, 0.6) is 0 Å². The molecule has 1 amide bonds. The van der Waals surface area contributed by atoms with Crippen LogP contribution in [0.15, 0.2) is 36.8 Å². The molecule has 27 heavy (non-hydrogen) atoms. The van der Waals surface area contributed by atoms with Gasteiger partial charge in [0.2, 0.25) is 0 Å². The molecule has 3 aromatic rings. The van der Waals surface area contributed by atoms with Crippen molar-refractivity contribution in [1.82, 2.24) is 34.6 Å². The smallest absolute Gasteiger partial charge is 0.257 e. The maximum Gasteiger partial charge on any atom is 0.257 e. The molecule has 1 aliphatic carbocycles. The summed E-state index contributed by atoms with van der Waals surface area (Å²) in [5.41, 5.74) is 1.15. The van der Waals surface area contributed by atoms with Gasteiger partial charge in [0.25, 0.3) is 5.91 Å². The maximum atomic E-state index is 13.0. The van der Waals surface area contributed by atoms with Gasteiger partial charge >= 0.3 is 0 Å². The Morgan fingerprint density at radius 1 is 1.11 bits per heavy atom. The molecule has 1 fully saturated rings. The topological polar surface area (TPSA) is 89.7 Å². The number of carbonyl (C=O) groups excluding carboxylic acids is 1. The van der Waals surface area contributed by atoms with E-state index in [0.29, 0.717) is 36.1 Å². The minimum Gasteiger partial charge on any atom is -0.327 e. The molecule has 0 saturated heterocycles. The molecule has 0 radical (unpaired) electrons. The lowest BCUT2D eigenvalue weighted by Crippen LogP contribution is -2.41. The molecule has 0 spiro atoms. The lowest BCUT2D eigenvalue weighted by Gasteiger charge is -2.32. The van der Waals surface area contributed by atoms with Gasteiger partial charge in [-0.3, -0.25) is 9.78 Å². The third kappa shape index (κ3) is 2.87. The second-order valence-electron chi connectivity index (χ2n) is 7.01. The van der Waals surface area contributed by atoms with Gasteiger partial charge in [0, 0.05) is 31.1 Å². The van der Waals surface area contributed by atoms with Crippen LogP contribution < -0.4 is 0 Å². The number of hydrogen-bond acceptors (Lipinski definition) is 6. The predicted octanol–water partition coefficient (Wildman–Crippen LogP) is 2.22. The highest BCUT2D eigenvalue weighted by Gasteiger charge is 2.35. The summed E-state index contributed by atoms with van der Waals surface area (Å²) in [5.74, 6) is 2.72. The summed E-state index contributed by atoms with van der Waals surface area (Å²) in [5, 5.41) is 4.61. The fourth-order valence-corrected chi connectivity index (χ4v) is 3.40. The Kier molecular flexibility index (Phi) is 3.70. The number of aromatic nitrogens is 6. The quantitative estimate of drug-likeness (QED) is 0.711. The first-order chi connectivity index (χ1) is 13.2. The molecule has 0 unspecified atom stereocenters. The van der Waals surface area contributed by atoms with Crippen molar-refractivity contribution in [3.8, 4) is 11.5 Å². The van der Waals surface area contributed by atoms with Crippen LogP contribution in [-0.4, -0.2) is 47.1 Å². The Bertz CT molecular complexity index is 979. The Balaban J connectivity index is 1.37. The molecule has 4 heterocycles. The first-order valence-electron chi connectivity index (χ1n) is 9.20. The minimum atomic E-state index is -0.123. The van der Waals surface area contributed by atoms with E-state index in [9.17, 15) is 4.79 Å². The minimum absolute atomic E-state index is 0.0858. The van der Waals surface area contributed by atoms with Crippen molar-refractivity contribution in [2.45, 2.75) is 38.3 Å². The van der Waals surface area contributed by atoms with Crippen LogP contribution in [0, 0.1) is 0 Å². The number of rotatable bonds is 3. The molecule has 3 aromatic heterocycles. The largest absolute Gasteiger partial charge is 0.327 e. The molecule has 1 aliphatic heterocycles. The zero-order valence-corrected chi connectivity index (χ0v) is 15.0. The van der Waals surface area contributed by atoms with E-state index in [4.69, 9.17) is 4.98 Å². The second-order valence-corrected chi connectivity index (χ2v) is 7.01. The normalized spacial score (nSPS) is 19.0.